The van der Waals surface area contributed by atoms with Gasteiger partial charge >= 0.3 is 0 Å². The number of amides is 1. The van der Waals surface area contributed by atoms with Gasteiger partial charge in [0.2, 0.25) is 5.91 Å². The third kappa shape index (κ3) is 4.43. The van der Waals surface area contributed by atoms with E-state index in [1.165, 1.54) is 23.9 Å². The highest BCUT2D eigenvalue weighted by Gasteiger charge is 2.22. The highest BCUT2D eigenvalue weighted by atomic mass is 16.3. The average molecular weight is 448 g/mol. The fourth-order valence-electron chi connectivity index (χ4n) is 4.80. The third-order valence-corrected chi connectivity index (χ3v) is 6.57. The Morgan fingerprint density at radius 1 is 1.18 bits per heavy atom. The van der Waals surface area contributed by atoms with Gasteiger partial charge in [0.25, 0.3) is 5.56 Å². The molecule has 3 aromatic heterocycles. The van der Waals surface area contributed by atoms with Gasteiger partial charge in [0.05, 0.1) is 19.3 Å². The number of fused-ring (bicyclic) bond motifs is 3. The number of carbonyl (C=O) groups is 1. The minimum atomic E-state index is -0.314. The molecule has 1 atom stereocenters. The molecular formula is C25H29N5O3. The van der Waals surface area contributed by atoms with Gasteiger partial charge in [-0.15, -0.1) is 0 Å². The van der Waals surface area contributed by atoms with Crippen molar-refractivity contribution in [2.75, 3.05) is 6.54 Å². The normalized spacial score (nSPS) is 17.1. The number of hydrogen-bond donors (Lipinski definition) is 2. The molecule has 1 aliphatic heterocycles. The van der Waals surface area contributed by atoms with Crippen molar-refractivity contribution in [1.29, 1.82) is 0 Å². The van der Waals surface area contributed by atoms with Crippen molar-refractivity contribution in [3.05, 3.63) is 64.5 Å². The Morgan fingerprint density at radius 2 is 2.03 bits per heavy atom. The van der Waals surface area contributed by atoms with Crippen LogP contribution in [0.1, 0.15) is 44.1 Å². The third-order valence-electron chi connectivity index (χ3n) is 6.57. The van der Waals surface area contributed by atoms with Gasteiger partial charge in [-0.25, -0.2) is 4.68 Å². The fraction of sp³-hybridized carbons (Fsp3) is 0.400. The molecule has 1 amide bonds. The maximum Gasteiger partial charge on any atom is 0.291 e. The predicted molar refractivity (Wildman–Crippen MR) is 127 cm³/mol. The number of hydrogen-bond acceptors (Lipinski definition) is 5. The van der Waals surface area contributed by atoms with Crippen LogP contribution in [0.2, 0.25) is 0 Å². The van der Waals surface area contributed by atoms with Crippen molar-refractivity contribution >= 4 is 27.7 Å². The Bertz CT molecular complexity index is 1330. The van der Waals surface area contributed by atoms with E-state index in [0.29, 0.717) is 17.3 Å². The number of rotatable bonds is 7. The molecule has 8 nitrogen and oxygen atoms in total. The molecule has 4 heterocycles. The lowest BCUT2D eigenvalue weighted by Crippen LogP contribution is -2.38. The van der Waals surface area contributed by atoms with Gasteiger partial charge in [0, 0.05) is 22.3 Å². The molecule has 4 aromatic rings. The van der Waals surface area contributed by atoms with Gasteiger partial charge in [-0.2, -0.15) is 5.10 Å². The predicted octanol–water partition coefficient (Wildman–Crippen LogP) is 3.55. The number of nitrogens with zero attached hydrogens (tertiary/aromatic N) is 3. The molecule has 8 heteroatoms. The van der Waals surface area contributed by atoms with Crippen molar-refractivity contribution in [3.63, 3.8) is 0 Å². The number of piperidine rings is 1. The van der Waals surface area contributed by atoms with Gasteiger partial charge < -0.3 is 14.7 Å². The molecule has 1 fully saturated rings. The SMILES string of the molecule is CCC1CCCCN1Cc1ccc(CNC(=O)Cn2ncc3c([nH]c4ccccc43)c2=O)o1. The van der Waals surface area contributed by atoms with Gasteiger partial charge in [-0.05, 0) is 44.0 Å². The second kappa shape index (κ2) is 9.23. The summed E-state index contributed by atoms with van der Waals surface area (Å²) in [6.07, 6.45) is 6.57. The Morgan fingerprint density at radius 3 is 2.91 bits per heavy atom. The zero-order valence-corrected chi connectivity index (χ0v) is 18.8. The Hall–Kier alpha value is -3.39. The lowest BCUT2D eigenvalue weighted by molar-refractivity contribution is -0.122. The van der Waals surface area contributed by atoms with Gasteiger partial charge in [-0.1, -0.05) is 31.5 Å². The van der Waals surface area contributed by atoms with Crippen LogP contribution in [-0.2, 0) is 24.4 Å². The van der Waals surface area contributed by atoms with Gasteiger partial charge in [0.1, 0.15) is 23.6 Å². The highest BCUT2D eigenvalue weighted by molar-refractivity contribution is 6.06. The van der Waals surface area contributed by atoms with Gasteiger partial charge in [-0.3, -0.25) is 14.5 Å². The molecule has 0 saturated carbocycles. The summed E-state index contributed by atoms with van der Waals surface area (Å²) in [7, 11) is 0. The van der Waals surface area contributed by atoms with E-state index >= 15 is 0 Å². The second-order valence-electron chi connectivity index (χ2n) is 8.74. The van der Waals surface area contributed by atoms with E-state index in [9.17, 15) is 9.59 Å². The number of nitrogens with one attached hydrogen (secondary N) is 2. The van der Waals surface area contributed by atoms with Crippen LogP contribution in [0.25, 0.3) is 21.8 Å². The first-order valence-corrected chi connectivity index (χ1v) is 11.7. The molecule has 2 N–H and O–H groups in total. The number of benzene rings is 1. The largest absolute Gasteiger partial charge is 0.463 e. The van der Waals surface area contributed by atoms with E-state index < -0.39 is 0 Å². The molecule has 5 rings (SSSR count). The Balaban J connectivity index is 1.21. The standard InChI is InChI=1S/C25H29N5O3/c1-2-17-7-5-6-12-29(17)15-19-11-10-18(33-19)13-26-23(31)16-30-25(32)24-21(14-27-30)20-8-3-4-9-22(20)28-24/h3-4,8-11,14,17,28H,2,5-7,12-13,15-16H2,1H3,(H,26,31). The van der Waals surface area contributed by atoms with Crippen molar-refractivity contribution in [2.24, 2.45) is 0 Å². The number of likely N-dealkylation sites (tertiary alicyclic amines) is 1. The fourth-order valence-corrected chi connectivity index (χ4v) is 4.80. The summed E-state index contributed by atoms with van der Waals surface area (Å²) in [6, 6.07) is 12.2. The van der Waals surface area contributed by atoms with Gasteiger partial charge in [0.15, 0.2) is 0 Å². The monoisotopic (exact) mass is 447 g/mol. The minimum absolute atomic E-state index is 0.149. The average Bonchev–Trinajstić information content (AvgIpc) is 3.44. The molecule has 172 valence electrons. The van der Waals surface area contributed by atoms with Crippen molar-refractivity contribution in [2.45, 2.75) is 58.3 Å². The van der Waals surface area contributed by atoms with E-state index in [1.54, 1.807) is 6.20 Å². The van der Waals surface area contributed by atoms with E-state index in [1.807, 2.05) is 36.4 Å². The van der Waals surface area contributed by atoms with Crippen LogP contribution >= 0.6 is 0 Å². The van der Waals surface area contributed by atoms with Crippen LogP contribution in [0, 0.1) is 0 Å². The molecule has 1 saturated heterocycles. The van der Waals surface area contributed by atoms with Crippen LogP contribution in [-0.4, -0.2) is 38.2 Å². The number of H-pyrrole nitrogens is 1. The lowest BCUT2D eigenvalue weighted by atomic mass is 10.00. The van der Waals surface area contributed by atoms with Crippen LogP contribution in [0.4, 0.5) is 0 Å². The van der Waals surface area contributed by atoms with E-state index in [2.05, 4.69) is 27.2 Å². The summed E-state index contributed by atoms with van der Waals surface area (Å²) < 4.78 is 7.13. The molecule has 0 radical (unpaired) electrons. The highest BCUT2D eigenvalue weighted by Crippen LogP contribution is 2.23. The quantitative estimate of drug-likeness (QED) is 0.452. The Labute approximate surface area is 191 Å². The number of carbonyl (C=O) groups excluding carboxylic acids is 1. The van der Waals surface area contributed by atoms with Crippen LogP contribution in [0.5, 0.6) is 0 Å². The maximum absolute atomic E-state index is 12.8. The first-order chi connectivity index (χ1) is 16.1. The summed E-state index contributed by atoms with van der Waals surface area (Å²) >= 11 is 0. The van der Waals surface area contributed by atoms with E-state index in [0.717, 1.165) is 41.6 Å². The molecule has 33 heavy (non-hydrogen) atoms. The number of aromatic amines is 1. The smallest absolute Gasteiger partial charge is 0.291 e. The summed E-state index contributed by atoms with van der Waals surface area (Å²) in [5.41, 5.74) is 1.01. The topological polar surface area (TPSA) is 96.2 Å². The number of para-hydroxylation sites is 1. The summed E-state index contributed by atoms with van der Waals surface area (Å²) in [4.78, 5) is 30.9. The molecule has 1 aliphatic rings. The molecule has 0 spiro atoms. The van der Waals surface area contributed by atoms with E-state index in [4.69, 9.17) is 4.42 Å². The van der Waals surface area contributed by atoms with Crippen LogP contribution in [0.15, 0.2) is 51.8 Å². The molecule has 1 aromatic carbocycles. The summed E-state index contributed by atoms with van der Waals surface area (Å²) in [6.45, 7) is 4.27. The van der Waals surface area contributed by atoms with Crippen LogP contribution < -0.4 is 10.9 Å². The summed E-state index contributed by atoms with van der Waals surface area (Å²) in [5.74, 6) is 1.33. The number of furan rings is 1. The van der Waals surface area contributed by atoms with E-state index in [-0.39, 0.29) is 24.6 Å². The first kappa shape index (κ1) is 21.5. The Kier molecular flexibility index (Phi) is 6.00. The number of aromatic nitrogens is 3. The first-order valence-electron chi connectivity index (χ1n) is 11.7. The summed E-state index contributed by atoms with van der Waals surface area (Å²) in [5, 5.41) is 8.73. The zero-order chi connectivity index (χ0) is 22.8. The molecular weight excluding hydrogens is 418 g/mol. The van der Waals surface area contributed by atoms with Crippen molar-refractivity contribution < 1.29 is 9.21 Å². The molecule has 0 aliphatic carbocycles. The zero-order valence-electron chi connectivity index (χ0n) is 18.8. The van der Waals surface area contributed by atoms with Crippen molar-refractivity contribution in [3.8, 4) is 0 Å². The lowest BCUT2D eigenvalue weighted by Gasteiger charge is -2.34. The molecule has 0 bridgehead atoms. The van der Waals surface area contributed by atoms with Crippen LogP contribution in [0.3, 0.4) is 0 Å². The maximum atomic E-state index is 12.8. The van der Waals surface area contributed by atoms with Crippen molar-refractivity contribution in [1.82, 2.24) is 25.0 Å². The second-order valence-corrected chi connectivity index (χ2v) is 8.74. The molecule has 1 unspecified atom stereocenters. The minimum Gasteiger partial charge on any atom is -0.463 e.